The molecule has 2 aromatic rings. The van der Waals surface area contributed by atoms with Crippen LogP contribution in [0.25, 0.3) is 0 Å². The number of amides is 1. The van der Waals surface area contributed by atoms with Gasteiger partial charge in [0.2, 0.25) is 5.91 Å². The number of carbonyl (C=O) groups excluding carboxylic acids is 1. The van der Waals surface area contributed by atoms with E-state index in [1.54, 1.807) is 14.2 Å². The molecule has 0 unspecified atom stereocenters. The van der Waals surface area contributed by atoms with Crippen molar-refractivity contribution in [2.24, 2.45) is 0 Å². The molecule has 0 saturated carbocycles. The lowest BCUT2D eigenvalue weighted by atomic mass is 10.1. The van der Waals surface area contributed by atoms with Crippen LogP contribution in [-0.2, 0) is 17.8 Å². The fourth-order valence-electron chi connectivity index (χ4n) is 2.24. The zero-order chi connectivity index (χ0) is 15.9. The summed E-state index contributed by atoms with van der Waals surface area (Å²) < 4.78 is 10.5. The number of hydrogen-bond acceptors (Lipinski definition) is 3. The van der Waals surface area contributed by atoms with Crippen LogP contribution < -0.4 is 14.8 Å². The molecule has 0 aliphatic rings. The maximum atomic E-state index is 12.1. The Morgan fingerprint density at radius 3 is 2.50 bits per heavy atom. The van der Waals surface area contributed by atoms with Gasteiger partial charge in [-0.15, -0.1) is 0 Å². The Morgan fingerprint density at radius 1 is 1.05 bits per heavy atom. The fourth-order valence-corrected chi connectivity index (χ4v) is 2.24. The Kier molecular flexibility index (Phi) is 5.42. The largest absolute Gasteiger partial charge is 0.497 e. The summed E-state index contributed by atoms with van der Waals surface area (Å²) in [6.45, 7) is 2.44. The maximum absolute atomic E-state index is 12.1. The van der Waals surface area contributed by atoms with Crippen molar-refractivity contribution < 1.29 is 14.3 Å². The van der Waals surface area contributed by atoms with E-state index in [0.29, 0.717) is 18.7 Å². The van der Waals surface area contributed by atoms with E-state index in [4.69, 9.17) is 9.47 Å². The van der Waals surface area contributed by atoms with Crippen LogP contribution in [0.5, 0.6) is 11.5 Å². The van der Waals surface area contributed by atoms with Crippen molar-refractivity contribution in [2.45, 2.75) is 19.9 Å². The third-order valence-corrected chi connectivity index (χ3v) is 3.58. The van der Waals surface area contributed by atoms with Gasteiger partial charge in [0.1, 0.15) is 11.5 Å². The van der Waals surface area contributed by atoms with Crippen LogP contribution in [0.3, 0.4) is 0 Å². The number of ether oxygens (including phenoxy) is 2. The molecule has 1 N–H and O–H groups in total. The second-order valence-electron chi connectivity index (χ2n) is 5.06. The van der Waals surface area contributed by atoms with Gasteiger partial charge < -0.3 is 14.8 Å². The average Bonchev–Trinajstić information content (AvgIpc) is 2.55. The highest BCUT2D eigenvalue weighted by atomic mass is 16.5. The second-order valence-corrected chi connectivity index (χ2v) is 5.06. The summed E-state index contributed by atoms with van der Waals surface area (Å²) >= 11 is 0. The molecule has 0 fully saturated rings. The highest BCUT2D eigenvalue weighted by Crippen LogP contribution is 2.24. The Morgan fingerprint density at radius 2 is 1.82 bits per heavy atom. The number of nitrogens with one attached hydrogen (secondary N) is 1. The van der Waals surface area contributed by atoms with Crippen molar-refractivity contribution >= 4 is 5.91 Å². The first kappa shape index (κ1) is 15.9. The van der Waals surface area contributed by atoms with Crippen LogP contribution in [-0.4, -0.2) is 20.1 Å². The van der Waals surface area contributed by atoms with Gasteiger partial charge in [-0.05, 0) is 30.2 Å². The molecule has 2 rings (SSSR count). The molecule has 0 radical (unpaired) electrons. The highest BCUT2D eigenvalue weighted by Gasteiger charge is 2.08. The van der Waals surface area contributed by atoms with Gasteiger partial charge in [0.15, 0.2) is 0 Å². The molecule has 0 saturated heterocycles. The number of benzene rings is 2. The molecule has 0 aliphatic heterocycles. The first-order chi connectivity index (χ1) is 10.6. The van der Waals surface area contributed by atoms with E-state index in [1.165, 1.54) is 0 Å². The van der Waals surface area contributed by atoms with E-state index >= 15 is 0 Å². The van der Waals surface area contributed by atoms with Gasteiger partial charge in [-0.1, -0.05) is 24.3 Å². The first-order valence-corrected chi connectivity index (χ1v) is 7.16. The predicted octanol–water partition coefficient (Wildman–Crippen LogP) is 2.87. The molecule has 2 aromatic carbocycles. The number of rotatable bonds is 6. The summed E-state index contributed by atoms with van der Waals surface area (Å²) in [6.07, 6.45) is 0.380. The number of aryl methyl sites for hydroxylation is 1. The lowest BCUT2D eigenvalue weighted by Gasteiger charge is -2.12. The lowest BCUT2D eigenvalue weighted by Crippen LogP contribution is -2.25. The molecule has 116 valence electrons. The Balaban J connectivity index is 1.98. The van der Waals surface area contributed by atoms with Crippen molar-refractivity contribution in [3.63, 3.8) is 0 Å². The van der Waals surface area contributed by atoms with Crippen molar-refractivity contribution in [3.05, 3.63) is 59.2 Å². The van der Waals surface area contributed by atoms with Crippen LogP contribution in [0.4, 0.5) is 0 Å². The van der Waals surface area contributed by atoms with E-state index in [2.05, 4.69) is 5.32 Å². The summed E-state index contributed by atoms with van der Waals surface area (Å²) in [6, 6.07) is 13.5. The van der Waals surface area contributed by atoms with Gasteiger partial charge in [0.25, 0.3) is 0 Å². The average molecular weight is 299 g/mol. The van der Waals surface area contributed by atoms with Crippen LogP contribution in [0, 0.1) is 6.92 Å². The lowest BCUT2D eigenvalue weighted by molar-refractivity contribution is -0.120. The summed E-state index contributed by atoms with van der Waals surface area (Å²) in [4.78, 5) is 12.1. The Labute approximate surface area is 131 Å². The van der Waals surface area contributed by atoms with Crippen LogP contribution in [0.15, 0.2) is 42.5 Å². The van der Waals surface area contributed by atoms with Crippen molar-refractivity contribution in [1.82, 2.24) is 5.32 Å². The maximum Gasteiger partial charge on any atom is 0.224 e. The zero-order valence-corrected chi connectivity index (χ0v) is 13.2. The van der Waals surface area contributed by atoms with Gasteiger partial charge in [-0.25, -0.2) is 0 Å². The number of methoxy groups -OCH3 is 2. The topological polar surface area (TPSA) is 47.6 Å². The van der Waals surface area contributed by atoms with Crippen molar-refractivity contribution in [1.29, 1.82) is 0 Å². The number of carbonyl (C=O) groups is 1. The van der Waals surface area contributed by atoms with Crippen LogP contribution in [0.1, 0.15) is 16.7 Å². The second kappa shape index (κ2) is 7.50. The molecule has 0 atom stereocenters. The molecule has 4 nitrogen and oxygen atoms in total. The minimum absolute atomic E-state index is 0.00725. The molecule has 0 heterocycles. The summed E-state index contributed by atoms with van der Waals surface area (Å²) in [5.41, 5.74) is 3.09. The van der Waals surface area contributed by atoms with E-state index in [-0.39, 0.29) is 5.91 Å². The van der Waals surface area contributed by atoms with Crippen molar-refractivity contribution in [3.8, 4) is 11.5 Å². The summed E-state index contributed by atoms with van der Waals surface area (Å²) in [5.74, 6) is 1.43. The van der Waals surface area contributed by atoms with Crippen molar-refractivity contribution in [2.75, 3.05) is 14.2 Å². The summed E-state index contributed by atoms with van der Waals surface area (Å²) in [5, 5.41) is 2.93. The van der Waals surface area contributed by atoms with Crippen LogP contribution >= 0.6 is 0 Å². The molecular weight excluding hydrogens is 278 g/mol. The van der Waals surface area contributed by atoms with E-state index in [0.717, 1.165) is 22.4 Å². The minimum atomic E-state index is -0.00725. The Hall–Kier alpha value is -2.49. The molecule has 0 aromatic heterocycles. The smallest absolute Gasteiger partial charge is 0.224 e. The van der Waals surface area contributed by atoms with E-state index in [1.807, 2.05) is 49.4 Å². The van der Waals surface area contributed by atoms with Gasteiger partial charge in [-0.3, -0.25) is 4.79 Å². The monoisotopic (exact) mass is 299 g/mol. The quantitative estimate of drug-likeness (QED) is 0.892. The van der Waals surface area contributed by atoms with Gasteiger partial charge in [0, 0.05) is 18.2 Å². The standard InChI is InChI=1S/C18H21NO3/c1-13-6-4-5-7-14(13)10-18(20)19-12-15-8-9-16(21-2)11-17(15)22-3/h4-9,11H,10,12H2,1-3H3,(H,19,20). The SMILES string of the molecule is COc1ccc(CNC(=O)Cc2ccccc2C)c(OC)c1. The normalized spacial score (nSPS) is 10.1. The van der Waals surface area contributed by atoms with Gasteiger partial charge >= 0.3 is 0 Å². The van der Waals surface area contributed by atoms with Gasteiger partial charge in [0.05, 0.1) is 20.6 Å². The molecule has 0 bridgehead atoms. The van der Waals surface area contributed by atoms with Gasteiger partial charge in [-0.2, -0.15) is 0 Å². The van der Waals surface area contributed by atoms with E-state index < -0.39 is 0 Å². The fraction of sp³-hybridized carbons (Fsp3) is 0.278. The summed E-state index contributed by atoms with van der Waals surface area (Å²) in [7, 11) is 3.21. The molecule has 4 heteroatoms. The van der Waals surface area contributed by atoms with Crippen LogP contribution in [0.2, 0.25) is 0 Å². The molecule has 0 aliphatic carbocycles. The molecule has 0 spiro atoms. The first-order valence-electron chi connectivity index (χ1n) is 7.16. The molecule has 1 amide bonds. The predicted molar refractivity (Wildman–Crippen MR) is 86.3 cm³/mol. The third kappa shape index (κ3) is 4.01. The zero-order valence-electron chi connectivity index (χ0n) is 13.2. The molecular formula is C18H21NO3. The Bertz CT molecular complexity index is 653. The number of hydrogen-bond donors (Lipinski definition) is 1. The highest BCUT2D eigenvalue weighted by molar-refractivity contribution is 5.79. The minimum Gasteiger partial charge on any atom is -0.497 e. The molecule has 22 heavy (non-hydrogen) atoms. The third-order valence-electron chi connectivity index (χ3n) is 3.58. The van der Waals surface area contributed by atoms with E-state index in [9.17, 15) is 4.79 Å².